The molecule has 0 saturated heterocycles. The van der Waals surface area contributed by atoms with Gasteiger partial charge in [-0.15, -0.1) is 0 Å². The van der Waals surface area contributed by atoms with Gasteiger partial charge >= 0.3 is 0 Å². The Balaban J connectivity index is 1.84. The average molecular weight is 302 g/mol. The van der Waals surface area contributed by atoms with Gasteiger partial charge in [0, 0.05) is 19.3 Å². The zero-order valence-corrected chi connectivity index (χ0v) is 13.7. The maximum absolute atomic E-state index is 4.28. The minimum absolute atomic E-state index is 0.875. The lowest BCUT2D eigenvalue weighted by atomic mass is 10.1. The van der Waals surface area contributed by atoms with E-state index < -0.39 is 0 Å². The summed E-state index contributed by atoms with van der Waals surface area (Å²) in [4.78, 5) is 6.64. The molecule has 0 radical (unpaired) electrons. The monoisotopic (exact) mass is 302 g/mol. The van der Waals surface area contributed by atoms with Gasteiger partial charge in [-0.2, -0.15) is 0 Å². The van der Waals surface area contributed by atoms with Crippen LogP contribution in [0.15, 0.2) is 73.1 Å². The smallest absolute Gasteiger partial charge is 0.0558 e. The van der Waals surface area contributed by atoms with Crippen molar-refractivity contribution in [3.05, 3.63) is 95.3 Å². The molecular formula is C21H22N2. The van der Waals surface area contributed by atoms with Gasteiger partial charge in [0.05, 0.1) is 11.9 Å². The first-order valence-electron chi connectivity index (χ1n) is 7.97. The van der Waals surface area contributed by atoms with Gasteiger partial charge in [-0.05, 0) is 37.1 Å². The molecule has 3 aromatic rings. The molecule has 0 amide bonds. The van der Waals surface area contributed by atoms with Crippen molar-refractivity contribution in [1.82, 2.24) is 4.98 Å². The summed E-state index contributed by atoms with van der Waals surface area (Å²) in [5.74, 6) is 0. The van der Waals surface area contributed by atoms with Crippen molar-refractivity contribution in [2.24, 2.45) is 0 Å². The highest BCUT2D eigenvalue weighted by Gasteiger charge is 2.08. The van der Waals surface area contributed by atoms with Gasteiger partial charge in [-0.3, -0.25) is 4.98 Å². The maximum Gasteiger partial charge on any atom is 0.0558 e. The van der Waals surface area contributed by atoms with Gasteiger partial charge in [0.2, 0.25) is 0 Å². The minimum Gasteiger partial charge on any atom is -0.362 e. The van der Waals surface area contributed by atoms with Crippen LogP contribution in [-0.4, -0.2) is 4.98 Å². The summed E-state index contributed by atoms with van der Waals surface area (Å²) in [7, 11) is 0. The van der Waals surface area contributed by atoms with Crippen molar-refractivity contribution >= 4 is 5.69 Å². The highest BCUT2D eigenvalue weighted by molar-refractivity contribution is 5.45. The molecule has 0 N–H and O–H groups in total. The SMILES string of the molecule is Cc1ccc(CN(Cc2ccc(C)cc2)c2cccnc2)cc1. The van der Waals surface area contributed by atoms with Crippen LogP contribution in [0.4, 0.5) is 5.69 Å². The average Bonchev–Trinajstić information content (AvgIpc) is 2.59. The van der Waals surface area contributed by atoms with Crippen LogP contribution in [0, 0.1) is 13.8 Å². The Labute approximate surface area is 138 Å². The van der Waals surface area contributed by atoms with Gasteiger partial charge in [0.15, 0.2) is 0 Å². The second-order valence-electron chi connectivity index (χ2n) is 6.04. The van der Waals surface area contributed by atoms with Gasteiger partial charge in [-0.25, -0.2) is 0 Å². The molecule has 0 aliphatic rings. The molecule has 3 rings (SSSR count). The van der Waals surface area contributed by atoms with Crippen molar-refractivity contribution < 1.29 is 0 Å². The molecule has 2 nitrogen and oxygen atoms in total. The van der Waals surface area contributed by atoms with Crippen molar-refractivity contribution in [3.63, 3.8) is 0 Å². The maximum atomic E-state index is 4.28. The number of aromatic nitrogens is 1. The summed E-state index contributed by atoms with van der Waals surface area (Å²) in [5.41, 5.74) is 6.35. The fourth-order valence-electron chi connectivity index (χ4n) is 2.61. The lowest BCUT2D eigenvalue weighted by Crippen LogP contribution is -2.22. The van der Waals surface area contributed by atoms with E-state index in [1.807, 2.05) is 18.5 Å². The predicted molar refractivity (Wildman–Crippen MR) is 96.5 cm³/mol. The number of nitrogens with zero attached hydrogens (tertiary/aromatic N) is 2. The Morgan fingerprint density at radius 1 is 0.739 bits per heavy atom. The van der Waals surface area contributed by atoms with E-state index in [0.717, 1.165) is 18.8 Å². The van der Waals surface area contributed by atoms with E-state index in [4.69, 9.17) is 0 Å². The third-order valence-corrected chi connectivity index (χ3v) is 4.00. The van der Waals surface area contributed by atoms with Crippen LogP contribution < -0.4 is 4.90 Å². The van der Waals surface area contributed by atoms with E-state index in [9.17, 15) is 0 Å². The Morgan fingerprint density at radius 3 is 1.70 bits per heavy atom. The van der Waals surface area contributed by atoms with Crippen LogP contribution in [0.5, 0.6) is 0 Å². The Morgan fingerprint density at radius 2 is 1.26 bits per heavy atom. The Bertz CT molecular complexity index is 684. The fourth-order valence-corrected chi connectivity index (χ4v) is 2.61. The van der Waals surface area contributed by atoms with Gasteiger partial charge in [-0.1, -0.05) is 59.7 Å². The van der Waals surface area contributed by atoms with Gasteiger partial charge in [0.25, 0.3) is 0 Å². The van der Waals surface area contributed by atoms with Crippen LogP contribution in [0.2, 0.25) is 0 Å². The summed E-state index contributed by atoms with van der Waals surface area (Å²) < 4.78 is 0. The Kier molecular flexibility index (Phi) is 4.72. The summed E-state index contributed by atoms with van der Waals surface area (Å²) >= 11 is 0. The van der Waals surface area contributed by atoms with Crippen molar-refractivity contribution in [2.45, 2.75) is 26.9 Å². The standard InChI is InChI=1S/C21H22N2/c1-17-5-9-19(10-6-17)15-23(21-4-3-13-22-14-21)16-20-11-7-18(2)8-12-20/h3-14H,15-16H2,1-2H3. The molecule has 116 valence electrons. The Hall–Kier alpha value is -2.61. The first-order valence-corrected chi connectivity index (χ1v) is 7.97. The van der Waals surface area contributed by atoms with Crippen molar-refractivity contribution in [1.29, 1.82) is 0 Å². The van der Waals surface area contributed by atoms with Crippen LogP contribution in [0.1, 0.15) is 22.3 Å². The molecule has 2 aromatic carbocycles. The zero-order valence-electron chi connectivity index (χ0n) is 13.7. The normalized spacial score (nSPS) is 10.5. The van der Waals surface area contributed by atoms with Crippen LogP contribution in [0.25, 0.3) is 0 Å². The van der Waals surface area contributed by atoms with Crippen LogP contribution >= 0.6 is 0 Å². The predicted octanol–water partition coefficient (Wildman–Crippen LogP) is 4.91. The lowest BCUT2D eigenvalue weighted by Gasteiger charge is -2.25. The van der Waals surface area contributed by atoms with Gasteiger partial charge in [0.1, 0.15) is 0 Å². The highest BCUT2D eigenvalue weighted by Crippen LogP contribution is 2.19. The molecule has 23 heavy (non-hydrogen) atoms. The molecule has 0 aliphatic heterocycles. The highest BCUT2D eigenvalue weighted by atomic mass is 15.1. The van der Waals surface area contributed by atoms with Crippen LogP contribution in [-0.2, 0) is 13.1 Å². The number of benzene rings is 2. The molecule has 1 heterocycles. The molecule has 2 heteroatoms. The van der Waals surface area contributed by atoms with Gasteiger partial charge < -0.3 is 4.90 Å². The number of aryl methyl sites for hydroxylation is 2. The zero-order chi connectivity index (χ0) is 16.1. The van der Waals surface area contributed by atoms with E-state index in [1.165, 1.54) is 22.3 Å². The molecular weight excluding hydrogens is 280 g/mol. The number of pyridine rings is 1. The lowest BCUT2D eigenvalue weighted by molar-refractivity contribution is 0.797. The number of hydrogen-bond acceptors (Lipinski definition) is 2. The first kappa shape index (κ1) is 15.3. The minimum atomic E-state index is 0.875. The molecule has 0 bridgehead atoms. The van der Waals surface area contributed by atoms with E-state index >= 15 is 0 Å². The van der Waals surface area contributed by atoms with E-state index in [0.29, 0.717) is 0 Å². The molecule has 0 fully saturated rings. The topological polar surface area (TPSA) is 16.1 Å². The summed E-state index contributed by atoms with van der Waals surface area (Å²) in [6.07, 6.45) is 3.75. The molecule has 0 atom stereocenters. The third kappa shape index (κ3) is 4.19. The second kappa shape index (κ2) is 7.10. The second-order valence-corrected chi connectivity index (χ2v) is 6.04. The van der Waals surface area contributed by atoms with Crippen molar-refractivity contribution in [2.75, 3.05) is 4.90 Å². The summed E-state index contributed by atoms with van der Waals surface area (Å²) in [6.45, 7) is 5.99. The van der Waals surface area contributed by atoms with E-state index in [2.05, 4.69) is 78.3 Å². The third-order valence-electron chi connectivity index (χ3n) is 4.00. The van der Waals surface area contributed by atoms with Crippen LogP contribution in [0.3, 0.4) is 0 Å². The molecule has 0 saturated carbocycles. The largest absolute Gasteiger partial charge is 0.362 e. The summed E-state index contributed by atoms with van der Waals surface area (Å²) in [5, 5.41) is 0. The number of rotatable bonds is 5. The molecule has 0 unspecified atom stereocenters. The summed E-state index contributed by atoms with van der Waals surface area (Å²) in [6, 6.07) is 21.6. The molecule has 1 aromatic heterocycles. The first-order chi connectivity index (χ1) is 11.2. The molecule has 0 spiro atoms. The van der Waals surface area contributed by atoms with E-state index in [-0.39, 0.29) is 0 Å². The van der Waals surface area contributed by atoms with Crippen molar-refractivity contribution in [3.8, 4) is 0 Å². The number of anilines is 1. The quantitative estimate of drug-likeness (QED) is 0.666. The molecule has 0 aliphatic carbocycles. The van der Waals surface area contributed by atoms with E-state index in [1.54, 1.807) is 0 Å². The fraction of sp³-hybridized carbons (Fsp3) is 0.190. The number of hydrogen-bond donors (Lipinski definition) is 0.